The van der Waals surface area contributed by atoms with Gasteiger partial charge in [0.1, 0.15) is 0 Å². The maximum Gasteiger partial charge on any atom is 0.0398 e. The number of nitrogens with two attached hydrogens (primary N) is 1. The molecule has 0 aromatic rings. The Hall–Kier alpha value is -0.560. The quantitative estimate of drug-likeness (QED) is 0.421. The van der Waals surface area contributed by atoms with Crippen molar-refractivity contribution in [3.8, 4) is 11.8 Å². The average molecular weight is 223 g/mol. The van der Waals surface area contributed by atoms with Crippen LogP contribution >= 0.6 is 0 Å². The molecule has 1 atom stereocenters. The lowest BCUT2D eigenvalue weighted by atomic mass is 9.89. The van der Waals surface area contributed by atoms with Crippen molar-refractivity contribution in [2.45, 2.75) is 58.0 Å². The minimum atomic E-state index is 0.126. The molecule has 92 valence electrons. The molecule has 3 N–H and O–H groups in total. The number of nitrogens with zero attached hydrogens (tertiary/aromatic N) is 1. The Morgan fingerprint density at radius 2 is 2.00 bits per heavy atom. The largest absolute Gasteiger partial charge is 0.297 e. The molecule has 0 amide bonds. The Kier molecular flexibility index (Phi) is 5.27. The lowest BCUT2D eigenvalue weighted by molar-refractivity contribution is 0.103. The second kappa shape index (κ2) is 6.24. The van der Waals surface area contributed by atoms with Crippen LogP contribution in [0.25, 0.3) is 0 Å². The highest BCUT2D eigenvalue weighted by Gasteiger charge is 2.35. The molecule has 0 aromatic heterocycles. The number of hydrazine groups is 1. The van der Waals surface area contributed by atoms with E-state index in [1.54, 1.807) is 0 Å². The number of hydrogen-bond acceptors (Lipinski definition) is 3. The lowest BCUT2D eigenvalue weighted by Crippen LogP contribution is -2.58. The Balaban J connectivity index is 2.56. The summed E-state index contributed by atoms with van der Waals surface area (Å²) in [6.45, 7) is 8.84. The maximum atomic E-state index is 5.68. The fourth-order valence-electron chi connectivity index (χ4n) is 2.50. The van der Waals surface area contributed by atoms with E-state index in [4.69, 9.17) is 5.84 Å². The summed E-state index contributed by atoms with van der Waals surface area (Å²) in [5.41, 5.74) is 3.09. The predicted molar refractivity (Wildman–Crippen MR) is 68.7 cm³/mol. The molecule has 0 bridgehead atoms. The summed E-state index contributed by atoms with van der Waals surface area (Å²) in [7, 11) is 0. The van der Waals surface area contributed by atoms with Gasteiger partial charge in [0.2, 0.25) is 0 Å². The molecule has 1 aliphatic rings. The monoisotopic (exact) mass is 223 g/mol. The molecule has 1 rings (SSSR count). The van der Waals surface area contributed by atoms with Gasteiger partial charge in [-0.25, -0.2) is 0 Å². The van der Waals surface area contributed by atoms with E-state index in [-0.39, 0.29) is 5.54 Å². The standard InChI is InChI=1S/C13H25N3/c1-4-5-6-9-12(15-14)13(2,3)16-10-7-8-11-16/h12,15H,6-11,14H2,1-3H3. The molecular weight excluding hydrogens is 198 g/mol. The number of hydrogen-bond donors (Lipinski definition) is 2. The molecule has 3 heteroatoms. The van der Waals surface area contributed by atoms with Gasteiger partial charge in [0, 0.05) is 18.0 Å². The third-order valence-electron chi connectivity index (χ3n) is 3.71. The van der Waals surface area contributed by atoms with Gasteiger partial charge in [-0.05, 0) is 53.1 Å². The van der Waals surface area contributed by atoms with Crippen LogP contribution in [0.15, 0.2) is 0 Å². The van der Waals surface area contributed by atoms with Crippen molar-refractivity contribution in [3.63, 3.8) is 0 Å². The zero-order valence-corrected chi connectivity index (χ0v) is 10.8. The normalized spacial score (nSPS) is 19.2. The molecule has 1 unspecified atom stereocenters. The van der Waals surface area contributed by atoms with E-state index in [2.05, 4.69) is 36.0 Å². The number of rotatable bonds is 5. The van der Waals surface area contributed by atoms with Crippen molar-refractivity contribution in [2.24, 2.45) is 5.84 Å². The summed E-state index contributed by atoms with van der Waals surface area (Å²) in [5, 5.41) is 0. The summed E-state index contributed by atoms with van der Waals surface area (Å²) in [5.74, 6) is 11.7. The topological polar surface area (TPSA) is 41.3 Å². The fraction of sp³-hybridized carbons (Fsp3) is 0.846. The van der Waals surface area contributed by atoms with E-state index in [0.717, 1.165) is 12.8 Å². The summed E-state index contributed by atoms with van der Waals surface area (Å²) in [6, 6.07) is 0.312. The average Bonchev–Trinajstić information content (AvgIpc) is 2.78. The van der Waals surface area contributed by atoms with Gasteiger partial charge in [-0.1, -0.05) is 0 Å². The first kappa shape index (κ1) is 13.5. The van der Waals surface area contributed by atoms with E-state index in [1.807, 2.05) is 6.92 Å². The van der Waals surface area contributed by atoms with Crippen LogP contribution in [0.4, 0.5) is 0 Å². The van der Waals surface area contributed by atoms with Gasteiger partial charge in [0.05, 0.1) is 0 Å². The molecule has 0 aromatic carbocycles. The number of nitrogens with one attached hydrogen (secondary N) is 1. The first-order valence-electron chi connectivity index (χ1n) is 6.23. The maximum absolute atomic E-state index is 5.68. The summed E-state index contributed by atoms with van der Waals surface area (Å²) >= 11 is 0. The van der Waals surface area contributed by atoms with Crippen molar-refractivity contribution >= 4 is 0 Å². The Morgan fingerprint density at radius 3 is 2.50 bits per heavy atom. The van der Waals surface area contributed by atoms with Gasteiger partial charge in [0.25, 0.3) is 0 Å². The zero-order chi connectivity index (χ0) is 12.0. The van der Waals surface area contributed by atoms with Crippen molar-refractivity contribution in [3.05, 3.63) is 0 Å². The van der Waals surface area contributed by atoms with Gasteiger partial charge in [-0.15, -0.1) is 11.8 Å². The van der Waals surface area contributed by atoms with Crippen LogP contribution in [0.3, 0.4) is 0 Å². The van der Waals surface area contributed by atoms with Gasteiger partial charge >= 0.3 is 0 Å². The second-order valence-electron chi connectivity index (χ2n) is 5.03. The van der Waals surface area contributed by atoms with Gasteiger partial charge < -0.3 is 0 Å². The molecule has 0 radical (unpaired) electrons. The molecule has 1 heterocycles. The molecule has 1 fully saturated rings. The van der Waals surface area contributed by atoms with Crippen LogP contribution in [0, 0.1) is 11.8 Å². The highest BCUT2D eigenvalue weighted by molar-refractivity contribution is 5.00. The summed E-state index contributed by atoms with van der Waals surface area (Å²) in [4.78, 5) is 2.54. The van der Waals surface area contributed by atoms with Gasteiger partial charge in [-0.2, -0.15) is 0 Å². The number of likely N-dealkylation sites (tertiary alicyclic amines) is 1. The Morgan fingerprint density at radius 1 is 1.38 bits per heavy atom. The van der Waals surface area contributed by atoms with Crippen LogP contribution < -0.4 is 11.3 Å². The second-order valence-corrected chi connectivity index (χ2v) is 5.03. The van der Waals surface area contributed by atoms with Crippen LogP contribution in [0.2, 0.25) is 0 Å². The smallest absolute Gasteiger partial charge is 0.0398 e. The fourth-order valence-corrected chi connectivity index (χ4v) is 2.50. The lowest BCUT2D eigenvalue weighted by Gasteiger charge is -2.41. The predicted octanol–water partition coefficient (Wildman–Crippen LogP) is 1.50. The van der Waals surface area contributed by atoms with E-state index < -0.39 is 0 Å². The van der Waals surface area contributed by atoms with Crippen molar-refractivity contribution in [1.29, 1.82) is 0 Å². The molecule has 0 saturated carbocycles. The summed E-state index contributed by atoms with van der Waals surface area (Å²) < 4.78 is 0. The minimum Gasteiger partial charge on any atom is -0.297 e. The van der Waals surface area contributed by atoms with E-state index in [0.29, 0.717) is 6.04 Å². The van der Waals surface area contributed by atoms with E-state index in [1.165, 1.54) is 25.9 Å². The minimum absolute atomic E-state index is 0.126. The van der Waals surface area contributed by atoms with E-state index >= 15 is 0 Å². The van der Waals surface area contributed by atoms with Crippen LogP contribution in [0.5, 0.6) is 0 Å². The van der Waals surface area contributed by atoms with Crippen LogP contribution in [-0.2, 0) is 0 Å². The molecule has 1 aliphatic heterocycles. The highest BCUT2D eigenvalue weighted by atomic mass is 15.3. The third-order valence-corrected chi connectivity index (χ3v) is 3.71. The first-order valence-corrected chi connectivity index (χ1v) is 6.23. The van der Waals surface area contributed by atoms with Crippen LogP contribution in [0.1, 0.15) is 46.5 Å². The van der Waals surface area contributed by atoms with E-state index in [9.17, 15) is 0 Å². The first-order chi connectivity index (χ1) is 7.62. The van der Waals surface area contributed by atoms with Crippen molar-refractivity contribution in [1.82, 2.24) is 10.3 Å². The Labute approximate surface area is 99.7 Å². The van der Waals surface area contributed by atoms with Gasteiger partial charge in [0.15, 0.2) is 0 Å². The summed E-state index contributed by atoms with van der Waals surface area (Å²) in [6.07, 6.45) is 4.56. The van der Waals surface area contributed by atoms with Crippen LogP contribution in [-0.4, -0.2) is 29.6 Å². The SMILES string of the molecule is CC#CCCC(NN)C(C)(C)N1CCCC1. The molecule has 0 aliphatic carbocycles. The molecule has 3 nitrogen and oxygen atoms in total. The molecular formula is C13H25N3. The molecule has 16 heavy (non-hydrogen) atoms. The van der Waals surface area contributed by atoms with Crippen molar-refractivity contribution in [2.75, 3.05) is 13.1 Å². The third kappa shape index (κ3) is 3.21. The van der Waals surface area contributed by atoms with Crippen molar-refractivity contribution < 1.29 is 0 Å². The highest BCUT2D eigenvalue weighted by Crippen LogP contribution is 2.26. The van der Waals surface area contributed by atoms with Gasteiger partial charge in [-0.3, -0.25) is 16.2 Å². The zero-order valence-electron chi connectivity index (χ0n) is 10.8. The molecule has 1 saturated heterocycles. The molecule has 0 spiro atoms. The Bertz CT molecular complexity index is 256.